The second kappa shape index (κ2) is 7.50. The highest BCUT2D eigenvalue weighted by molar-refractivity contribution is 9.10. The lowest BCUT2D eigenvalue weighted by atomic mass is 10.0. The average Bonchev–Trinajstić information content (AvgIpc) is 2.31. The fourth-order valence-electron chi connectivity index (χ4n) is 1.88. The zero-order valence-corrected chi connectivity index (χ0v) is 13.2. The molecule has 0 aliphatic rings. The van der Waals surface area contributed by atoms with Gasteiger partial charge in [-0.25, -0.2) is 0 Å². The van der Waals surface area contributed by atoms with Gasteiger partial charge < -0.3 is 15.8 Å². The van der Waals surface area contributed by atoms with Gasteiger partial charge in [-0.2, -0.15) is 0 Å². The van der Waals surface area contributed by atoms with E-state index in [1.807, 2.05) is 26.0 Å². The van der Waals surface area contributed by atoms with Crippen molar-refractivity contribution in [1.29, 1.82) is 0 Å². The van der Waals surface area contributed by atoms with Crippen molar-refractivity contribution in [3.05, 3.63) is 27.7 Å². The summed E-state index contributed by atoms with van der Waals surface area (Å²) in [5, 5.41) is 2.58. The Morgan fingerprint density at radius 1 is 1.53 bits per heavy atom. The molecule has 106 valence electrons. The van der Waals surface area contributed by atoms with Gasteiger partial charge in [0, 0.05) is 17.6 Å². The molecule has 0 aliphatic carbocycles. The minimum absolute atomic E-state index is 0.0245. The topological polar surface area (TPSA) is 64.3 Å². The average molecular weight is 329 g/mol. The Bertz CT molecular complexity index is 447. The van der Waals surface area contributed by atoms with Crippen LogP contribution in [0.25, 0.3) is 0 Å². The number of rotatable bonds is 6. The molecule has 5 heteroatoms. The van der Waals surface area contributed by atoms with Gasteiger partial charge in [0.2, 0.25) is 5.91 Å². The fraction of sp³-hybridized carbons (Fsp3) is 0.500. The molecule has 0 radical (unpaired) electrons. The predicted octanol–water partition coefficient (Wildman–Crippen LogP) is 2.16. The van der Waals surface area contributed by atoms with Gasteiger partial charge in [0.1, 0.15) is 5.75 Å². The van der Waals surface area contributed by atoms with Crippen LogP contribution in [0.15, 0.2) is 16.6 Å². The van der Waals surface area contributed by atoms with Gasteiger partial charge in [-0.3, -0.25) is 4.79 Å². The smallest absolute Gasteiger partial charge is 0.223 e. The zero-order chi connectivity index (χ0) is 14.4. The number of carbonyl (C=O) groups is 1. The molecule has 1 aromatic carbocycles. The maximum absolute atomic E-state index is 11.2. The summed E-state index contributed by atoms with van der Waals surface area (Å²) >= 11 is 3.48. The summed E-state index contributed by atoms with van der Waals surface area (Å²) < 4.78 is 6.77. The summed E-state index contributed by atoms with van der Waals surface area (Å²) in [6.45, 7) is 4.32. The number of ether oxygens (including phenoxy) is 1. The van der Waals surface area contributed by atoms with Crippen LogP contribution in [0.3, 0.4) is 0 Å². The Morgan fingerprint density at radius 2 is 2.21 bits per heavy atom. The Kier molecular flexibility index (Phi) is 6.31. The molecule has 1 unspecified atom stereocenters. The van der Waals surface area contributed by atoms with E-state index >= 15 is 0 Å². The van der Waals surface area contributed by atoms with Gasteiger partial charge in [-0.15, -0.1) is 0 Å². The van der Waals surface area contributed by atoms with Crippen LogP contribution in [0.4, 0.5) is 0 Å². The molecule has 4 nitrogen and oxygen atoms in total. The SMILES string of the molecule is CNC(=O)CCOc1c(C)cc(Br)cc1CC(C)N. The fourth-order valence-corrected chi connectivity index (χ4v) is 2.49. The summed E-state index contributed by atoms with van der Waals surface area (Å²) in [6, 6.07) is 4.08. The van der Waals surface area contributed by atoms with Crippen LogP contribution in [-0.2, 0) is 11.2 Å². The van der Waals surface area contributed by atoms with Crippen LogP contribution in [0.1, 0.15) is 24.5 Å². The molecule has 0 spiro atoms. The lowest BCUT2D eigenvalue weighted by Crippen LogP contribution is -2.21. The van der Waals surface area contributed by atoms with Crippen molar-refractivity contribution in [3.63, 3.8) is 0 Å². The van der Waals surface area contributed by atoms with Crippen LogP contribution in [0.5, 0.6) is 5.75 Å². The van der Waals surface area contributed by atoms with E-state index in [1.165, 1.54) is 0 Å². The van der Waals surface area contributed by atoms with Gasteiger partial charge in [0.05, 0.1) is 13.0 Å². The van der Waals surface area contributed by atoms with E-state index in [-0.39, 0.29) is 11.9 Å². The van der Waals surface area contributed by atoms with Crippen molar-refractivity contribution < 1.29 is 9.53 Å². The summed E-state index contributed by atoms with van der Waals surface area (Å²) in [4.78, 5) is 11.2. The molecule has 19 heavy (non-hydrogen) atoms. The maximum atomic E-state index is 11.2. The van der Waals surface area contributed by atoms with Crippen molar-refractivity contribution in [2.75, 3.05) is 13.7 Å². The highest BCUT2D eigenvalue weighted by Crippen LogP contribution is 2.29. The maximum Gasteiger partial charge on any atom is 0.223 e. The number of amides is 1. The third-order valence-corrected chi connectivity index (χ3v) is 3.17. The molecule has 3 N–H and O–H groups in total. The third kappa shape index (κ3) is 5.20. The highest BCUT2D eigenvalue weighted by atomic mass is 79.9. The summed E-state index contributed by atoms with van der Waals surface area (Å²) in [6.07, 6.45) is 1.10. The molecular weight excluding hydrogens is 308 g/mol. The summed E-state index contributed by atoms with van der Waals surface area (Å²) in [7, 11) is 1.62. The monoisotopic (exact) mass is 328 g/mol. The summed E-state index contributed by atoms with van der Waals surface area (Å²) in [5.74, 6) is 0.813. The van der Waals surface area contributed by atoms with Crippen molar-refractivity contribution in [2.45, 2.75) is 32.7 Å². The van der Waals surface area contributed by atoms with E-state index in [4.69, 9.17) is 10.5 Å². The minimum atomic E-state index is -0.0245. The first-order chi connectivity index (χ1) is 8.93. The Balaban J connectivity index is 2.82. The van der Waals surface area contributed by atoms with E-state index in [0.29, 0.717) is 13.0 Å². The highest BCUT2D eigenvalue weighted by Gasteiger charge is 2.11. The lowest BCUT2D eigenvalue weighted by Gasteiger charge is -2.16. The molecule has 1 aromatic rings. The Morgan fingerprint density at radius 3 is 2.79 bits per heavy atom. The molecule has 0 saturated heterocycles. The van der Waals surface area contributed by atoms with E-state index in [9.17, 15) is 4.79 Å². The van der Waals surface area contributed by atoms with Crippen LogP contribution in [0.2, 0.25) is 0 Å². The lowest BCUT2D eigenvalue weighted by molar-refractivity contribution is -0.121. The summed E-state index contributed by atoms with van der Waals surface area (Å²) in [5.41, 5.74) is 7.97. The predicted molar refractivity (Wildman–Crippen MR) is 80.4 cm³/mol. The van der Waals surface area contributed by atoms with Crippen LogP contribution in [0, 0.1) is 6.92 Å². The molecule has 0 heterocycles. The van der Waals surface area contributed by atoms with Gasteiger partial charge in [-0.1, -0.05) is 15.9 Å². The molecule has 1 atom stereocenters. The molecule has 0 fully saturated rings. The van der Waals surface area contributed by atoms with Crippen molar-refractivity contribution in [2.24, 2.45) is 5.73 Å². The number of halogens is 1. The number of benzene rings is 1. The first-order valence-electron chi connectivity index (χ1n) is 6.32. The minimum Gasteiger partial charge on any atom is -0.492 e. The number of hydrogen-bond donors (Lipinski definition) is 2. The molecule has 0 aromatic heterocycles. The van der Waals surface area contributed by atoms with Gasteiger partial charge in [0.15, 0.2) is 0 Å². The number of hydrogen-bond acceptors (Lipinski definition) is 3. The number of nitrogens with two attached hydrogens (primary N) is 1. The normalized spacial score (nSPS) is 12.1. The second-order valence-electron chi connectivity index (χ2n) is 4.66. The second-order valence-corrected chi connectivity index (χ2v) is 5.58. The standard InChI is InChI=1S/C14H21BrN2O2/c1-9-6-12(15)8-11(7-10(2)16)14(9)19-5-4-13(18)17-3/h6,8,10H,4-5,7,16H2,1-3H3,(H,17,18). The van der Waals surface area contributed by atoms with Gasteiger partial charge in [-0.05, 0) is 43.5 Å². The quantitative estimate of drug-likeness (QED) is 0.841. The number of carbonyl (C=O) groups excluding carboxylic acids is 1. The van der Waals surface area contributed by atoms with E-state index < -0.39 is 0 Å². The van der Waals surface area contributed by atoms with Crippen molar-refractivity contribution in [3.8, 4) is 5.75 Å². The molecule has 0 bridgehead atoms. The van der Waals surface area contributed by atoms with Crippen LogP contribution >= 0.6 is 15.9 Å². The zero-order valence-electron chi connectivity index (χ0n) is 11.6. The molecular formula is C14H21BrN2O2. The van der Waals surface area contributed by atoms with Gasteiger partial charge >= 0.3 is 0 Å². The van der Waals surface area contributed by atoms with Crippen LogP contribution < -0.4 is 15.8 Å². The van der Waals surface area contributed by atoms with Crippen molar-refractivity contribution >= 4 is 21.8 Å². The number of aryl methyl sites for hydroxylation is 1. The van der Waals surface area contributed by atoms with E-state index in [2.05, 4.69) is 21.2 Å². The molecule has 0 saturated carbocycles. The molecule has 0 aliphatic heterocycles. The van der Waals surface area contributed by atoms with E-state index in [1.54, 1.807) is 7.05 Å². The van der Waals surface area contributed by atoms with E-state index in [0.717, 1.165) is 27.8 Å². The molecule has 1 rings (SSSR count). The number of nitrogens with one attached hydrogen (secondary N) is 1. The van der Waals surface area contributed by atoms with Crippen molar-refractivity contribution in [1.82, 2.24) is 5.32 Å². The molecule has 1 amide bonds. The van der Waals surface area contributed by atoms with Gasteiger partial charge in [0.25, 0.3) is 0 Å². The largest absolute Gasteiger partial charge is 0.492 e. The Labute approximate surface area is 122 Å². The first kappa shape index (κ1) is 16.0. The third-order valence-electron chi connectivity index (χ3n) is 2.71. The van der Waals surface area contributed by atoms with Crippen LogP contribution in [-0.4, -0.2) is 25.6 Å². The first-order valence-corrected chi connectivity index (χ1v) is 7.11. The Hall–Kier alpha value is -1.07.